The Kier molecular flexibility index (Phi) is 4.95. The van der Waals surface area contributed by atoms with E-state index in [0.29, 0.717) is 10.6 Å². The van der Waals surface area contributed by atoms with Gasteiger partial charge in [0.25, 0.3) is 5.91 Å². The summed E-state index contributed by atoms with van der Waals surface area (Å²) in [4.78, 5) is 26.2. The molecule has 23 heavy (non-hydrogen) atoms. The van der Waals surface area contributed by atoms with Crippen LogP contribution in [0.25, 0.3) is 11.1 Å². The first-order valence-corrected chi connectivity index (χ1v) is 7.14. The van der Waals surface area contributed by atoms with Crippen molar-refractivity contribution in [1.29, 1.82) is 0 Å². The highest BCUT2D eigenvalue weighted by atomic mass is 35.5. The lowest BCUT2D eigenvalue weighted by atomic mass is 9.78. The van der Waals surface area contributed by atoms with Gasteiger partial charge in [-0.1, -0.05) is 28.6 Å². The zero-order valence-electron chi connectivity index (χ0n) is 12.6. The van der Waals surface area contributed by atoms with E-state index >= 15 is 0 Å². The molecule has 0 unspecified atom stereocenters. The molecule has 0 spiro atoms. The van der Waals surface area contributed by atoms with E-state index in [9.17, 15) is 14.7 Å². The van der Waals surface area contributed by atoms with Gasteiger partial charge in [0, 0.05) is 16.8 Å². The van der Waals surface area contributed by atoms with Crippen molar-refractivity contribution in [3.8, 4) is 16.9 Å². The molecule has 0 radical (unpaired) electrons. The van der Waals surface area contributed by atoms with Crippen LogP contribution in [0, 0.1) is 0 Å². The SMILES string of the molecule is Bc1ccc(Cl)c(B)c1-c1cnc(C(=O)NCC(=O)O)c(O)c1. The van der Waals surface area contributed by atoms with E-state index in [1.807, 2.05) is 21.8 Å². The molecule has 1 amide bonds. The van der Waals surface area contributed by atoms with E-state index < -0.39 is 18.4 Å². The number of hydrogen-bond acceptors (Lipinski definition) is 4. The topological polar surface area (TPSA) is 99.5 Å². The monoisotopic (exact) mass is 330 g/mol. The van der Waals surface area contributed by atoms with E-state index in [2.05, 4.69) is 10.3 Å². The van der Waals surface area contributed by atoms with Crippen LogP contribution in [-0.2, 0) is 4.79 Å². The zero-order valence-corrected chi connectivity index (χ0v) is 13.3. The molecule has 6 nitrogen and oxygen atoms in total. The molecule has 0 saturated carbocycles. The molecule has 0 saturated heterocycles. The molecule has 1 heterocycles. The third-order valence-corrected chi connectivity index (χ3v) is 3.79. The van der Waals surface area contributed by atoms with Crippen molar-refractivity contribution in [2.24, 2.45) is 0 Å². The number of carboxylic acids is 1. The van der Waals surface area contributed by atoms with E-state index in [1.54, 1.807) is 6.07 Å². The Morgan fingerprint density at radius 2 is 2.00 bits per heavy atom. The molecule has 116 valence electrons. The lowest BCUT2D eigenvalue weighted by Gasteiger charge is -2.13. The van der Waals surface area contributed by atoms with Gasteiger partial charge in [-0.25, -0.2) is 4.98 Å². The number of carboxylic acid groups (broad SMARTS) is 1. The van der Waals surface area contributed by atoms with Gasteiger partial charge in [0.05, 0.1) is 0 Å². The lowest BCUT2D eigenvalue weighted by Crippen LogP contribution is -2.30. The minimum atomic E-state index is -1.18. The molecule has 9 heteroatoms. The number of halogens is 1. The first kappa shape index (κ1) is 16.9. The van der Waals surface area contributed by atoms with Gasteiger partial charge in [-0.15, -0.1) is 0 Å². The van der Waals surface area contributed by atoms with E-state index in [-0.39, 0.29) is 11.4 Å². The zero-order chi connectivity index (χ0) is 17.1. The molecule has 0 aliphatic carbocycles. The minimum absolute atomic E-state index is 0.229. The smallest absolute Gasteiger partial charge is 0.322 e. The molecule has 0 fully saturated rings. The number of rotatable bonds is 4. The number of aliphatic carboxylic acids is 1. The summed E-state index contributed by atoms with van der Waals surface area (Å²) in [6.45, 7) is -0.547. The van der Waals surface area contributed by atoms with Crippen LogP contribution >= 0.6 is 11.6 Å². The van der Waals surface area contributed by atoms with Gasteiger partial charge >= 0.3 is 5.97 Å². The van der Waals surface area contributed by atoms with E-state index in [4.69, 9.17) is 16.7 Å². The van der Waals surface area contributed by atoms with Gasteiger partial charge in [-0.3, -0.25) is 9.59 Å². The second-order valence-electron chi connectivity index (χ2n) is 5.03. The number of aromatic hydroxyl groups is 1. The Balaban J connectivity index is 2.39. The first-order valence-electron chi connectivity index (χ1n) is 6.76. The summed E-state index contributed by atoms with van der Waals surface area (Å²) < 4.78 is 0. The van der Waals surface area contributed by atoms with Crippen LogP contribution in [0.2, 0.25) is 5.02 Å². The summed E-state index contributed by atoms with van der Waals surface area (Å²) >= 11 is 6.13. The van der Waals surface area contributed by atoms with Gasteiger partial charge in [-0.2, -0.15) is 0 Å². The summed E-state index contributed by atoms with van der Waals surface area (Å²) in [5, 5.41) is 21.3. The second-order valence-corrected chi connectivity index (χ2v) is 5.44. The average molecular weight is 330 g/mol. The maximum atomic E-state index is 11.8. The lowest BCUT2D eigenvalue weighted by molar-refractivity contribution is -0.135. The first-order chi connectivity index (χ1) is 10.8. The summed E-state index contributed by atoms with van der Waals surface area (Å²) in [6.07, 6.45) is 1.45. The van der Waals surface area contributed by atoms with Crippen LogP contribution in [-0.4, -0.2) is 49.3 Å². The standard InChI is InChI=1S/C14H13B2ClN2O4/c15-7-1-2-8(17)12(16)11(7)6-3-9(20)13(18-4-6)14(23)19-5-10(21)22/h1-4,20H,5,15-16H2,(H,19,23)(H,21,22). The number of carbonyl (C=O) groups is 2. The highest BCUT2D eigenvalue weighted by Gasteiger charge is 2.16. The van der Waals surface area contributed by atoms with Crippen molar-refractivity contribution in [2.45, 2.75) is 0 Å². The number of nitrogens with one attached hydrogen (secondary N) is 1. The quantitative estimate of drug-likeness (QED) is 0.589. The Labute approximate surface area is 139 Å². The van der Waals surface area contributed by atoms with Crippen molar-refractivity contribution < 1.29 is 19.8 Å². The average Bonchev–Trinajstić information content (AvgIpc) is 2.49. The fraction of sp³-hybridized carbons (Fsp3) is 0.0714. The van der Waals surface area contributed by atoms with Crippen LogP contribution < -0.4 is 16.2 Å². The predicted molar refractivity (Wildman–Crippen MR) is 92.7 cm³/mol. The normalized spacial score (nSPS) is 10.3. The van der Waals surface area contributed by atoms with Gasteiger partial charge in [0.2, 0.25) is 0 Å². The molecule has 2 rings (SSSR count). The van der Waals surface area contributed by atoms with Crippen LogP contribution in [0.1, 0.15) is 10.5 Å². The molecular formula is C14H13B2ClN2O4. The number of pyridine rings is 1. The third-order valence-electron chi connectivity index (χ3n) is 3.38. The Hall–Kier alpha value is -2.47. The third kappa shape index (κ3) is 3.65. The maximum absolute atomic E-state index is 11.8. The summed E-state index contributed by atoms with van der Waals surface area (Å²) in [5.41, 5.74) is 3.02. The molecule has 2 aromatic rings. The molecule has 0 bridgehead atoms. The van der Waals surface area contributed by atoms with Crippen LogP contribution in [0.5, 0.6) is 5.75 Å². The number of amides is 1. The van der Waals surface area contributed by atoms with Crippen molar-refractivity contribution in [3.63, 3.8) is 0 Å². The van der Waals surface area contributed by atoms with Crippen molar-refractivity contribution in [2.75, 3.05) is 6.54 Å². The van der Waals surface area contributed by atoms with Crippen LogP contribution in [0.15, 0.2) is 24.4 Å². The highest BCUT2D eigenvalue weighted by molar-refractivity contribution is 6.50. The molecule has 1 aromatic heterocycles. The van der Waals surface area contributed by atoms with Gasteiger partial charge in [0.1, 0.15) is 28.0 Å². The Morgan fingerprint density at radius 3 is 2.61 bits per heavy atom. The summed E-state index contributed by atoms with van der Waals surface area (Å²) in [5.74, 6) is -2.26. The van der Waals surface area contributed by atoms with Gasteiger partial charge < -0.3 is 15.5 Å². The second kappa shape index (κ2) is 6.75. The highest BCUT2D eigenvalue weighted by Crippen LogP contribution is 2.23. The van der Waals surface area contributed by atoms with Crippen LogP contribution in [0.4, 0.5) is 0 Å². The molecule has 0 atom stereocenters. The fourth-order valence-corrected chi connectivity index (χ4v) is 2.43. The molecule has 3 N–H and O–H groups in total. The largest absolute Gasteiger partial charge is 0.505 e. The number of benzene rings is 1. The maximum Gasteiger partial charge on any atom is 0.322 e. The van der Waals surface area contributed by atoms with Crippen molar-refractivity contribution >= 4 is 50.1 Å². The molecule has 1 aromatic carbocycles. The summed E-state index contributed by atoms with van der Waals surface area (Å²) in [7, 11) is 3.76. The van der Waals surface area contributed by atoms with E-state index in [1.165, 1.54) is 12.3 Å². The predicted octanol–water partition coefficient (Wildman–Crippen LogP) is -1.56. The fourth-order valence-electron chi connectivity index (χ4n) is 2.27. The number of aromatic nitrogens is 1. The van der Waals surface area contributed by atoms with Crippen molar-refractivity contribution in [3.05, 3.63) is 35.1 Å². The molecule has 0 aliphatic rings. The molecule has 0 aliphatic heterocycles. The van der Waals surface area contributed by atoms with Gasteiger partial charge in [0.15, 0.2) is 5.69 Å². The number of carbonyl (C=O) groups excluding carboxylic acids is 1. The number of nitrogens with zero attached hydrogens (tertiary/aromatic N) is 1. The number of hydrogen-bond donors (Lipinski definition) is 3. The van der Waals surface area contributed by atoms with Crippen molar-refractivity contribution in [1.82, 2.24) is 10.3 Å². The molecular weight excluding hydrogens is 317 g/mol. The van der Waals surface area contributed by atoms with E-state index in [0.717, 1.165) is 16.5 Å². The van der Waals surface area contributed by atoms with Gasteiger partial charge in [-0.05, 0) is 17.7 Å². The Morgan fingerprint density at radius 1 is 1.30 bits per heavy atom. The summed E-state index contributed by atoms with van der Waals surface area (Å²) in [6, 6.07) is 5.06. The minimum Gasteiger partial charge on any atom is -0.505 e. The Bertz CT molecular complexity index is 799. The van der Waals surface area contributed by atoms with Crippen LogP contribution in [0.3, 0.4) is 0 Å².